The first-order chi connectivity index (χ1) is 14.9. The molecule has 2 aromatic carbocycles. The molecule has 0 aliphatic carbocycles. The number of aromatic hydroxyl groups is 1. The van der Waals surface area contributed by atoms with Gasteiger partial charge in [0.2, 0.25) is 0 Å². The van der Waals surface area contributed by atoms with Crippen molar-refractivity contribution in [2.24, 2.45) is 0 Å². The fraction of sp³-hybridized carbons (Fsp3) is 0.208. The van der Waals surface area contributed by atoms with Crippen LogP contribution in [0.5, 0.6) is 5.75 Å². The van der Waals surface area contributed by atoms with Gasteiger partial charge in [-0.3, -0.25) is 9.59 Å². The first-order valence-corrected chi connectivity index (χ1v) is 10.8. The van der Waals surface area contributed by atoms with Crippen LogP contribution in [0.1, 0.15) is 38.3 Å². The third-order valence-corrected chi connectivity index (χ3v) is 5.78. The van der Waals surface area contributed by atoms with E-state index in [4.69, 9.17) is 0 Å². The maximum atomic E-state index is 12.7. The molecule has 3 rings (SSSR count). The summed E-state index contributed by atoms with van der Waals surface area (Å²) in [4.78, 5) is 30.2. The molecular formula is C24H25N3O3S. The Morgan fingerprint density at radius 2 is 1.74 bits per heavy atom. The number of nitrogens with one attached hydrogen (secondary N) is 2. The van der Waals surface area contributed by atoms with E-state index < -0.39 is 0 Å². The summed E-state index contributed by atoms with van der Waals surface area (Å²) in [5, 5.41) is 15.8. The summed E-state index contributed by atoms with van der Waals surface area (Å²) in [6.07, 6.45) is 2.26. The van der Waals surface area contributed by atoms with E-state index in [1.807, 2.05) is 26.0 Å². The molecule has 0 aliphatic heterocycles. The number of amides is 2. The molecule has 0 saturated carbocycles. The highest BCUT2D eigenvalue weighted by Crippen LogP contribution is 2.31. The lowest BCUT2D eigenvalue weighted by atomic mass is 10.2. The molecule has 3 aromatic rings. The lowest BCUT2D eigenvalue weighted by molar-refractivity contribution is 0.0949. The highest BCUT2D eigenvalue weighted by Gasteiger charge is 2.14. The van der Waals surface area contributed by atoms with Gasteiger partial charge in [0.15, 0.2) is 0 Å². The molecule has 2 amide bonds. The number of carbonyl (C=O) groups is 2. The van der Waals surface area contributed by atoms with Gasteiger partial charge in [-0.2, -0.15) is 0 Å². The minimum absolute atomic E-state index is 0.0471. The summed E-state index contributed by atoms with van der Waals surface area (Å²) in [7, 11) is 0. The molecule has 0 saturated heterocycles. The Kier molecular flexibility index (Phi) is 7.67. The summed E-state index contributed by atoms with van der Waals surface area (Å²) in [6.45, 7) is 4.92. The van der Waals surface area contributed by atoms with E-state index in [0.29, 0.717) is 35.7 Å². The Bertz CT molecular complexity index is 1090. The molecule has 0 atom stereocenters. The van der Waals surface area contributed by atoms with Crippen molar-refractivity contribution in [1.82, 2.24) is 15.6 Å². The van der Waals surface area contributed by atoms with Crippen LogP contribution in [0.3, 0.4) is 0 Å². The Morgan fingerprint density at radius 3 is 2.48 bits per heavy atom. The minimum Gasteiger partial charge on any atom is -0.508 e. The zero-order chi connectivity index (χ0) is 22.2. The smallest absolute Gasteiger partial charge is 0.254 e. The van der Waals surface area contributed by atoms with Crippen LogP contribution >= 0.6 is 11.8 Å². The number of rotatable bonds is 8. The van der Waals surface area contributed by atoms with Crippen molar-refractivity contribution in [3.8, 4) is 5.75 Å². The van der Waals surface area contributed by atoms with Gasteiger partial charge in [-0.1, -0.05) is 35.5 Å². The second-order valence-corrected chi connectivity index (χ2v) is 8.17. The van der Waals surface area contributed by atoms with Crippen LogP contribution in [-0.4, -0.2) is 35.0 Å². The standard InChI is InChI=1S/C24H25N3O3S/c1-16-9-10-21(17(2)14-16)31-24-20(8-4-11-27-24)23(30)26-13-5-12-25-22(29)18-6-3-7-19(28)15-18/h3-4,6-11,14-15,28H,5,12-13H2,1-2H3,(H,25,29)(H,26,30). The molecule has 31 heavy (non-hydrogen) atoms. The van der Waals surface area contributed by atoms with Gasteiger partial charge in [0.25, 0.3) is 11.8 Å². The van der Waals surface area contributed by atoms with Crippen LogP contribution in [0.2, 0.25) is 0 Å². The van der Waals surface area contributed by atoms with E-state index in [-0.39, 0.29) is 17.6 Å². The number of aromatic nitrogens is 1. The third kappa shape index (κ3) is 6.33. The number of aryl methyl sites for hydroxylation is 2. The molecule has 0 fully saturated rings. The lowest BCUT2D eigenvalue weighted by Gasteiger charge is -2.11. The predicted molar refractivity (Wildman–Crippen MR) is 122 cm³/mol. The molecular weight excluding hydrogens is 410 g/mol. The van der Waals surface area contributed by atoms with E-state index >= 15 is 0 Å². The molecule has 0 bridgehead atoms. The predicted octanol–water partition coefficient (Wildman–Crippen LogP) is 4.11. The molecule has 0 unspecified atom stereocenters. The summed E-state index contributed by atoms with van der Waals surface area (Å²) in [5.41, 5.74) is 3.25. The quantitative estimate of drug-likeness (QED) is 0.463. The monoisotopic (exact) mass is 435 g/mol. The first-order valence-electron chi connectivity index (χ1n) is 9.99. The maximum Gasteiger partial charge on any atom is 0.254 e. The van der Waals surface area contributed by atoms with Crippen molar-refractivity contribution in [2.75, 3.05) is 13.1 Å². The Labute approximate surface area is 186 Å². The summed E-state index contributed by atoms with van der Waals surface area (Å²) < 4.78 is 0. The van der Waals surface area contributed by atoms with E-state index in [2.05, 4.69) is 21.7 Å². The number of hydrogen-bond acceptors (Lipinski definition) is 5. The topological polar surface area (TPSA) is 91.3 Å². The number of benzene rings is 2. The van der Waals surface area contributed by atoms with Gasteiger partial charge in [-0.25, -0.2) is 4.98 Å². The van der Waals surface area contributed by atoms with Crippen LogP contribution in [0.25, 0.3) is 0 Å². The maximum absolute atomic E-state index is 12.7. The lowest BCUT2D eigenvalue weighted by Crippen LogP contribution is -2.30. The zero-order valence-corrected chi connectivity index (χ0v) is 18.3. The van der Waals surface area contributed by atoms with Crippen molar-refractivity contribution in [3.63, 3.8) is 0 Å². The van der Waals surface area contributed by atoms with Crippen LogP contribution in [0, 0.1) is 13.8 Å². The van der Waals surface area contributed by atoms with Gasteiger partial charge in [-0.15, -0.1) is 0 Å². The largest absolute Gasteiger partial charge is 0.508 e. The second kappa shape index (κ2) is 10.6. The van der Waals surface area contributed by atoms with Crippen LogP contribution in [0.4, 0.5) is 0 Å². The van der Waals surface area contributed by atoms with Crippen LogP contribution < -0.4 is 10.6 Å². The highest BCUT2D eigenvalue weighted by molar-refractivity contribution is 7.99. The number of pyridine rings is 1. The van der Waals surface area contributed by atoms with E-state index in [1.54, 1.807) is 30.5 Å². The Hall–Kier alpha value is -3.32. The SMILES string of the molecule is Cc1ccc(Sc2ncccc2C(=O)NCCCNC(=O)c2cccc(O)c2)c(C)c1. The molecule has 0 spiro atoms. The minimum atomic E-state index is -0.262. The summed E-state index contributed by atoms with van der Waals surface area (Å²) in [5.74, 6) is -0.410. The van der Waals surface area contributed by atoms with Crippen molar-refractivity contribution < 1.29 is 14.7 Å². The molecule has 160 valence electrons. The van der Waals surface area contributed by atoms with Gasteiger partial charge < -0.3 is 15.7 Å². The third-order valence-electron chi connectivity index (χ3n) is 4.59. The molecule has 7 heteroatoms. The van der Waals surface area contributed by atoms with Crippen molar-refractivity contribution in [1.29, 1.82) is 0 Å². The second-order valence-electron chi connectivity index (χ2n) is 7.14. The molecule has 1 heterocycles. The summed E-state index contributed by atoms with van der Waals surface area (Å²) in [6, 6.07) is 15.9. The molecule has 6 nitrogen and oxygen atoms in total. The van der Waals surface area contributed by atoms with Crippen molar-refractivity contribution in [3.05, 3.63) is 83.0 Å². The average Bonchev–Trinajstić information content (AvgIpc) is 2.75. The van der Waals surface area contributed by atoms with Gasteiger partial charge >= 0.3 is 0 Å². The highest BCUT2D eigenvalue weighted by atomic mass is 32.2. The number of carbonyl (C=O) groups excluding carboxylic acids is 2. The number of hydrogen-bond donors (Lipinski definition) is 3. The van der Waals surface area contributed by atoms with Gasteiger partial charge in [0, 0.05) is 29.7 Å². The van der Waals surface area contributed by atoms with Gasteiger partial charge in [0.1, 0.15) is 10.8 Å². The zero-order valence-electron chi connectivity index (χ0n) is 17.5. The molecule has 0 radical (unpaired) electrons. The fourth-order valence-corrected chi connectivity index (χ4v) is 3.95. The Morgan fingerprint density at radius 1 is 0.968 bits per heavy atom. The number of nitrogens with zero attached hydrogens (tertiary/aromatic N) is 1. The van der Waals surface area contributed by atoms with Crippen LogP contribution in [0.15, 0.2) is 70.7 Å². The van der Waals surface area contributed by atoms with Gasteiger partial charge in [0.05, 0.1) is 5.56 Å². The average molecular weight is 436 g/mol. The molecule has 1 aromatic heterocycles. The van der Waals surface area contributed by atoms with E-state index in [9.17, 15) is 14.7 Å². The van der Waals surface area contributed by atoms with E-state index in [0.717, 1.165) is 10.5 Å². The fourth-order valence-electron chi connectivity index (χ4n) is 3.00. The van der Waals surface area contributed by atoms with Crippen molar-refractivity contribution >= 4 is 23.6 Å². The number of phenolic OH excluding ortho intramolecular Hbond substituents is 1. The first kappa shape index (κ1) is 22.4. The van der Waals surface area contributed by atoms with E-state index in [1.165, 1.54) is 29.5 Å². The normalized spacial score (nSPS) is 10.5. The van der Waals surface area contributed by atoms with Crippen LogP contribution in [-0.2, 0) is 0 Å². The number of phenols is 1. The molecule has 3 N–H and O–H groups in total. The Balaban J connectivity index is 1.51. The summed E-state index contributed by atoms with van der Waals surface area (Å²) >= 11 is 1.47. The van der Waals surface area contributed by atoms with Gasteiger partial charge in [-0.05, 0) is 62.2 Å². The molecule has 0 aliphatic rings. The van der Waals surface area contributed by atoms with Crippen molar-refractivity contribution in [2.45, 2.75) is 30.2 Å².